The van der Waals surface area contributed by atoms with Gasteiger partial charge < -0.3 is 18.9 Å². The third-order valence-electron chi connectivity index (χ3n) is 4.74. The van der Waals surface area contributed by atoms with E-state index < -0.39 is 0 Å². The Kier molecular flexibility index (Phi) is 4.85. The number of ether oxygens (including phenoxy) is 1. The normalized spacial score (nSPS) is 12.1. The van der Waals surface area contributed by atoms with Crippen molar-refractivity contribution in [3.63, 3.8) is 0 Å². The molecule has 0 bridgehead atoms. The number of carbonyl (C=O) groups is 1. The number of nitrogens with one attached hydrogen (secondary N) is 1. The molecule has 6 heteroatoms. The van der Waals surface area contributed by atoms with E-state index in [0.717, 1.165) is 11.3 Å². The third-order valence-corrected chi connectivity index (χ3v) is 4.74. The molecule has 6 nitrogen and oxygen atoms in total. The van der Waals surface area contributed by atoms with E-state index >= 15 is 0 Å². The van der Waals surface area contributed by atoms with Crippen LogP contribution in [0.2, 0.25) is 0 Å². The number of aromatic amines is 1. The summed E-state index contributed by atoms with van der Waals surface area (Å²) in [6, 6.07) is 10.6. The van der Waals surface area contributed by atoms with Crippen molar-refractivity contribution in [3.8, 4) is 5.69 Å². The monoisotopic (exact) mass is 374 g/mol. The van der Waals surface area contributed by atoms with Gasteiger partial charge in [-0.15, -0.1) is 0 Å². The van der Waals surface area contributed by atoms with E-state index in [9.17, 15) is 4.79 Å². The van der Waals surface area contributed by atoms with E-state index in [1.807, 2.05) is 29.5 Å². The summed E-state index contributed by atoms with van der Waals surface area (Å²) in [4.78, 5) is 19.4. The molecule has 0 aliphatic carbocycles. The standard InChI is InChI=1S/C22H22N4O2/c1-3-28-22(27)19-12-24-13-20(19)25-10-8-18(14-25)21(26-11-9-23-15-26)17-6-4-16(2)5-7-17/h4-15,21,24H,3H2,1-2H3. The van der Waals surface area contributed by atoms with Crippen LogP contribution in [0.5, 0.6) is 0 Å². The Morgan fingerprint density at radius 1 is 1.14 bits per heavy atom. The Morgan fingerprint density at radius 2 is 1.96 bits per heavy atom. The number of rotatable bonds is 6. The fourth-order valence-electron chi connectivity index (χ4n) is 3.37. The maximum Gasteiger partial charge on any atom is 0.341 e. The van der Waals surface area contributed by atoms with Crippen LogP contribution in [0.25, 0.3) is 5.69 Å². The first kappa shape index (κ1) is 17.9. The van der Waals surface area contributed by atoms with Gasteiger partial charge in [0.25, 0.3) is 0 Å². The van der Waals surface area contributed by atoms with Gasteiger partial charge in [0.2, 0.25) is 0 Å². The Balaban J connectivity index is 1.73. The minimum Gasteiger partial charge on any atom is -0.462 e. The molecule has 3 heterocycles. The first-order valence-electron chi connectivity index (χ1n) is 9.23. The molecule has 0 radical (unpaired) electrons. The molecule has 1 aromatic carbocycles. The first-order chi connectivity index (χ1) is 13.7. The van der Waals surface area contributed by atoms with Gasteiger partial charge in [-0.1, -0.05) is 29.8 Å². The molecule has 4 aromatic rings. The summed E-state index contributed by atoms with van der Waals surface area (Å²) in [5, 5.41) is 0. The number of imidazole rings is 1. The van der Waals surface area contributed by atoms with Gasteiger partial charge in [-0.3, -0.25) is 0 Å². The number of aryl methyl sites for hydroxylation is 1. The van der Waals surface area contributed by atoms with E-state index in [1.165, 1.54) is 11.1 Å². The summed E-state index contributed by atoms with van der Waals surface area (Å²) < 4.78 is 9.18. The summed E-state index contributed by atoms with van der Waals surface area (Å²) in [5.74, 6) is -0.335. The molecule has 28 heavy (non-hydrogen) atoms. The van der Waals surface area contributed by atoms with Crippen molar-refractivity contribution in [3.05, 3.63) is 96.1 Å². The second-order valence-corrected chi connectivity index (χ2v) is 6.65. The number of esters is 1. The topological polar surface area (TPSA) is 64.8 Å². The molecule has 142 valence electrons. The number of hydrogen-bond acceptors (Lipinski definition) is 3. The first-order valence-corrected chi connectivity index (χ1v) is 9.23. The fourth-order valence-corrected chi connectivity index (χ4v) is 3.37. The zero-order valence-corrected chi connectivity index (χ0v) is 15.9. The van der Waals surface area contributed by atoms with Crippen LogP contribution >= 0.6 is 0 Å². The van der Waals surface area contributed by atoms with Gasteiger partial charge in [-0.25, -0.2) is 9.78 Å². The molecule has 1 atom stereocenters. The number of nitrogens with zero attached hydrogens (tertiary/aromatic N) is 3. The number of H-pyrrole nitrogens is 1. The van der Waals surface area contributed by atoms with Crippen molar-refractivity contribution in [2.24, 2.45) is 0 Å². The minimum atomic E-state index is -0.335. The fraction of sp³-hybridized carbons (Fsp3) is 0.182. The maximum atomic E-state index is 12.2. The number of aromatic nitrogens is 4. The smallest absolute Gasteiger partial charge is 0.341 e. The predicted octanol–water partition coefficient (Wildman–Crippen LogP) is 4.12. The van der Waals surface area contributed by atoms with Gasteiger partial charge in [0.15, 0.2) is 0 Å². The number of hydrogen-bond donors (Lipinski definition) is 1. The molecule has 4 rings (SSSR count). The molecule has 1 N–H and O–H groups in total. The Labute approximate surface area is 163 Å². The van der Waals surface area contributed by atoms with Crippen LogP contribution in [0, 0.1) is 6.92 Å². The lowest BCUT2D eigenvalue weighted by Crippen LogP contribution is -2.10. The molecule has 0 aliphatic rings. The Bertz CT molecular complexity index is 1060. The average Bonchev–Trinajstić information content (AvgIpc) is 3.45. The highest BCUT2D eigenvalue weighted by Crippen LogP contribution is 2.28. The molecule has 0 saturated carbocycles. The van der Waals surface area contributed by atoms with Crippen LogP contribution in [0.1, 0.15) is 40.0 Å². The van der Waals surface area contributed by atoms with E-state index in [0.29, 0.717) is 12.2 Å². The van der Waals surface area contributed by atoms with E-state index in [-0.39, 0.29) is 12.0 Å². The number of carbonyl (C=O) groups excluding carboxylic acids is 1. The quantitative estimate of drug-likeness (QED) is 0.516. The van der Waals surface area contributed by atoms with Gasteiger partial charge >= 0.3 is 5.97 Å². The van der Waals surface area contributed by atoms with Crippen LogP contribution in [0.4, 0.5) is 0 Å². The highest BCUT2D eigenvalue weighted by atomic mass is 16.5. The lowest BCUT2D eigenvalue weighted by Gasteiger charge is -2.18. The summed E-state index contributed by atoms with van der Waals surface area (Å²) >= 11 is 0. The van der Waals surface area contributed by atoms with Crippen molar-refractivity contribution < 1.29 is 9.53 Å². The molecule has 0 spiro atoms. The van der Waals surface area contributed by atoms with Gasteiger partial charge in [-0.05, 0) is 31.0 Å². The van der Waals surface area contributed by atoms with E-state index in [4.69, 9.17) is 4.74 Å². The summed E-state index contributed by atoms with van der Waals surface area (Å²) in [5.41, 5.74) is 4.76. The highest BCUT2D eigenvalue weighted by molar-refractivity contribution is 5.93. The van der Waals surface area contributed by atoms with Crippen molar-refractivity contribution in [2.45, 2.75) is 19.9 Å². The molecule has 0 fully saturated rings. The molecule has 0 aliphatic heterocycles. The maximum absolute atomic E-state index is 12.2. The zero-order valence-electron chi connectivity index (χ0n) is 15.9. The molecule has 1 unspecified atom stereocenters. The highest BCUT2D eigenvalue weighted by Gasteiger charge is 2.19. The molecule has 3 aromatic heterocycles. The van der Waals surface area contributed by atoms with Gasteiger partial charge in [0.05, 0.1) is 24.7 Å². The largest absolute Gasteiger partial charge is 0.462 e. The Hall–Kier alpha value is -3.54. The molecular formula is C22H22N4O2. The second-order valence-electron chi connectivity index (χ2n) is 6.65. The van der Waals surface area contributed by atoms with E-state index in [1.54, 1.807) is 25.5 Å². The van der Waals surface area contributed by atoms with Gasteiger partial charge in [-0.2, -0.15) is 0 Å². The second kappa shape index (κ2) is 7.60. The van der Waals surface area contributed by atoms with Crippen LogP contribution in [-0.4, -0.2) is 31.7 Å². The summed E-state index contributed by atoms with van der Waals surface area (Å²) in [7, 11) is 0. The molecule has 0 amide bonds. The SMILES string of the molecule is CCOC(=O)c1c[nH]cc1-n1ccc(C(c2ccc(C)cc2)n2ccnc2)c1. The molecule has 0 saturated heterocycles. The van der Waals surface area contributed by atoms with Crippen LogP contribution in [-0.2, 0) is 4.74 Å². The van der Waals surface area contributed by atoms with Crippen molar-refractivity contribution >= 4 is 5.97 Å². The summed E-state index contributed by atoms with van der Waals surface area (Å²) in [6.45, 7) is 4.22. The van der Waals surface area contributed by atoms with Crippen molar-refractivity contribution in [1.29, 1.82) is 0 Å². The lowest BCUT2D eigenvalue weighted by atomic mass is 10.00. The van der Waals surface area contributed by atoms with E-state index in [2.05, 4.69) is 51.8 Å². The van der Waals surface area contributed by atoms with Crippen LogP contribution in [0.3, 0.4) is 0 Å². The van der Waals surface area contributed by atoms with Crippen LogP contribution < -0.4 is 0 Å². The third kappa shape index (κ3) is 3.36. The average molecular weight is 374 g/mol. The lowest BCUT2D eigenvalue weighted by molar-refractivity contribution is 0.0526. The van der Waals surface area contributed by atoms with Gasteiger partial charge in [0, 0.05) is 37.2 Å². The van der Waals surface area contributed by atoms with Crippen molar-refractivity contribution in [1.82, 2.24) is 19.1 Å². The molecular weight excluding hydrogens is 352 g/mol. The van der Waals surface area contributed by atoms with Gasteiger partial charge in [0.1, 0.15) is 5.56 Å². The van der Waals surface area contributed by atoms with Crippen molar-refractivity contribution in [2.75, 3.05) is 6.61 Å². The number of benzene rings is 1. The minimum absolute atomic E-state index is 0.00525. The zero-order chi connectivity index (χ0) is 19.5. The predicted molar refractivity (Wildman–Crippen MR) is 107 cm³/mol. The Morgan fingerprint density at radius 3 is 2.68 bits per heavy atom. The van der Waals surface area contributed by atoms with Crippen LogP contribution in [0.15, 0.2) is 73.8 Å². The summed E-state index contributed by atoms with van der Waals surface area (Å²) in [6.07, 6.45) is 13.0.